The number of carbonyl (C=O) groups is 2. The van der Waals surface area contributed by atoms with Crippen LogP contribution < -0.4 is 20.1 Å². The van der Waals surface area contributed by atoms with Crippen molar-refractivity contribution in [2.24, 2.45) is 0 Å². The number of anilines is 2. The Labute approximate surface area is 198 Å². The van der Waals surface area contributed by atoms with Crippen LogP contribution in [0.2, 0.25) is 0 Å². The molecule has 0 aromatic heterocycles. The molecular formula is C28H26N2O4. The number of rotatable bonds is 7. The Morgan fingerprint density at radius 2 is 1.47 bits per heavy atom. The molecule has 0 radical (unpaired) electrons. The summed E-state index contributed by atoms with van der Waals surface area (Å²) in [6.07, 6.45) is 0. The fraction of sp³-hybridized carbons (Fsp3) is 0.143. The predicted molar refractivity (Wildman–Crippen MR) is 135 cm³/mol. The summed E-state index contributed by atoms with van der Waals surface area (Å²) in [6.45, 7) is 3.59. The number of hydrogen-bond donors (Lipinski definition) is 2. The van der Waals surface area contributed by atoms with E-state index in [1.807, 2.05) is 74.5 Å². The SMILES string of the molecule is COc1ccc(C)cc1NC(=O)COc1cc2ccccc2cc1C(=O)Nc1ccccc1C. The summed E-state index contributed by atoms with van der Waals surface area (Å²) in [6, 6.07) is 24.3. The van der Waals surface area contributed by atoms with Gasteiger partial charge in [-0.3, -0.25) is 9.59 Å². The number of methoxy groups -OCH3 is 1. The highest BCUT2D eigenvalue weighted by molar-refractivity contribution is 6.09. The molecule has 2 N–H and O–H groups in total. The van der Waals surface area contributed by atoms with Gasteiger partial charge >= 0.3 is 0 Å². The van der Waals surface area contributed by atoms with Crippen molar-refractivity contribution in [2.45, 2.75) is 13.8 Å². The number of para-hydroxylation sites is 1. The second-order valence-electron chi connectivity index (χ2n) is 8.01. The molecule has 0 aliphatic heterocycles. The lowest BCUT2D eigenvalue weighted by Crippen LogP contribution is -2.22. The topological polar surface area (TPSA) is 76.7 Å². The standard InChI is InChI=1S/C28H26N2O4/c1-18-12-13-25(33-3)24(14-18)29-27(31)17-34-26-16-21-10-6-5-9-20(21)15-22(26)28(32)30-23-11-7-4-8-19(23)2/h4-16H,17H2,1-3H3,(H,29,31)(H,30,32). The van der Waals surface area contributed by atoms with Crippen molar-refractivity contribution in [1.82, 2.24) is 0 Å². The van der Waals surface area contributed by atoms with Crippen LogP contribution in [0, 0.1) is 13.8 Å². The summed E-state index contributed by atoms with van der Waals surface area (Å²) in [4.78, 5) is 25.8. The molecule has 0 aliphatic rings. The largest absolute Gasteiger partial charge is 0.495 e. The number of fused-ring (bicyclic) bond motifs is 1. The third-order valence-corrected chi connectivity index (χ3v) is 5.47. The first-order valence-electron chi connectivity index (χ1n) is 10.9. The van der Waals surface area contributed by atoms with Gasteiger partial charge in [-0.25, -0.2) is 0 Å². The maximum absolute atomic E-state index is 13.2. The minimum absolute atomic E-state index is 0.264. The van der Waals surface area contributed by atoms with Gasteiger partial charge in [0.15, 0.2) is 6.61 Å². The number of aryl methyl sites for hydroxylation is 2. The Morgan fingerprint density at radius 3 is 2.21 bits per heavy atom. The predicted octanol–water partition coefficient (Wildman–Crippen LogP) is 5.74. The zero-order valence-corrected chi connectivity index (χ0v) is 19.3. The average Bonchev–Trinajstić information content (AvgIpc) is 2.83. The molecule has 0 unspecified atom stereocenters. The first-order valence-corrected chi connectivity index (χ1v) is 10.9. The summed E-state index contributed by atoms with van der Waals surface area (Å²) in [5.41, 5.74) is 3.57. The van der Waals surface area contributed by atoms with Gasteiger partial charge in [0, 0.05) is 5.69 Å². The van der Waals surface area contributed by atoms with Crippen molar-refractivity contribution in [2.75, 3.05) is 24.4 Å². The van der Waals surface area contributed by atoms with Crippen molar-refractivity contribution >= 4 is 34.0 Å². The fourth-order valence-corrected chi connectivity index (χ4v) is 3.67. The molecule has 0 aliphatic carbocycles. The first kappa shape index (κ1) is 22.9. The van der Waals surface area contributed by atoms with Gasteiger partial charge in [-0.1, -0.05) is 48.5 Å². The number of hydrogen-bond acceptors (Lipinski definition) is 4. The monoisotopic (exact) mass is 454 g/mol. The van der Waals surface area contributed by atoms with Crippen molar-refractivity contribution in [1.29, 1.82) is 0 Å². The van der Waals surface area contributed by atoms with Crippen molar-refractivity contribution in [3.05, 3.63) is 95.6 Å². The van der Waals surface area contributed by atoms with E-state index in [0.717, 1.165) is 27.6 Å². The molecule has 0 saturated carbocycles. The molecule has 0 bridgehead atoms. The maximum Gasteiger partial charge on any atom is 0.262 e. The average molecular weight is 455 g/mol. The molecule has 4 aromatic rings. The lowest BCUT2D eigenvalue weighted by molar-refractivity contribution is -0.118. The van der Waals surface area contributed by atoms with E-state index in [-0.39, 0.29) is 18.4 Å². The Kier molecular flexibility index (Phi) is 6.78. The summed E-state index contributed by atoms with van der Waals surface area (Å²) < 4.78 is 11.2. The van der Waals surface area contributed by atoms with E-state index in [0.29, 0.717) is 22.7 Å². The van der Waals surface area contributed by atoms with Crippen molar-refractivity contribution in [3.63, 3.8) is 0 Å². The van der Waals surface area contributed by atoms with Gasteiger partial charge in [0.1, 0.15) is 11.5 Å². The number of benzene rings is 4. The molecule has 0 spiro atoms. The second-order valence-corrected chi connectivity index (χ2v) is 8.01. The molecule has 0 saturated heterocycles. The number of amides is 2. The van der Waals surface area contributed by atoms with Crippen molar-refractivity contribution in [3.8, 4) is 11.5 Å². The Balaban J connectivity index is 1.57. The van der Waals surface area contributed by atoms with Crippen LogP contribution in [0.5, 0.6) is 11.5 Å². The van der Waals surface area contributed by atoms with Gasteiger partial charge in [-0.15, -0.1) is 0 Å². The molecule has 172 valence electrons. The molecule has 0 fully saturated rings. The second kappa shape index (κ2) is 10.1. The minimum atomic E-state index is -0.359. The molecule has 0 heterocycles. The summed E-state index contributed by atoms with van der Waals surface area (Å²) in [5, 5.41) is 7.57. The maximum atomic E-state index is 13.2. The van der Waals surface area contributed by atoms with Crippen LogP contribution in [-0.2, 0) is 4.79 Å². The quantitative estimate of drug-likeness (QED) is 0.374. The van der Waals surface area contributed by atoms with E-state index in [2.05, 4.69) is 10.6 Å². The van der Waals surface area contributed by atoms with Gasteiger partial charge in [-0.2, -0.15) is 0 Å². The summed E-state index contributed by atoms with van der Waals surface area (Å²) in [5.74, 6) is 0.220. The molecule has 4 rings (SSSR count). The van der Waals surface area contributed by atoms with E-state index in [1.165, 1.54) is 0 Å². The Morgan fingerprint density at radius 1 is 0.765 bits per heavy atom. The molecule has 6 heteroatoms. The molecule has 34 heavy (non-hydrogen) atoms. The number of ether oxygens (including phenoxy) is 2. The van der Waals surface area contributed by atoms with Crippen molar-refractivity contribution < 1.29 is 19.1 Å². The highest BCUT2D eigenvalue weighted by Gasteiger charge is 2.17. The molecule has 6 nitrogen and oxygen atoms in total. The van der Waals surface area contributed by atoms with Gasteiger partial charge in [0.2, 0.25) is 0 Å². The zero-order valence-electron chi connectivity index (χ0n) is 19.3. The van der Waals surface area contributed by atoms with Crippen LogP contribution >= 0.6 is 0 Å². The van der Waals surface area contributed by atoms with Crippen LogP contribution in [0.3, 0.4) is 0 Å². The van der Waals surface area contributed by atoms with Gasteiger partial charge in [0.25, 0.3) is 11.8 Å². The smallest absolute Gasteiger partial charge is 0.262 e. The van der Waals surface area contributed by atoms with E-state index >= 15 is 0 Å². The molecular weight excluding hydrogens is 428 g/mol. The Hall–Kier alpha value is -4.32. The third-order valence-electron chi connectivity index (χ3n) is 5.47. The highest BCUT2D eigenvalue weighted by atomic mass is 16.5. The number of nitrogens with one attached hydrogen (secondary N) is 2. The van der Waals surface area contributed by atoms with Crippen LogP contribution in [0.4, 0.5) is 11.4 Å². The molecule has 0 atom stereocenters. The fourth-order valence-electron chi connectivity index (χ4n) is 3.67. The van der Waals surface area contributed by atoms with Gasteiger partial charge in [-0.05, 0) is 66.1 Å². The van der Waals surface area contributed by atoms with E-state index in [9.17, 15) is 9.59 Å². The van der Waals surface area contributed by atoms with E-state index < -0.39 is 0 Å². The van der Waals surface area contributed by atoms with Crippen LogP contribution in [0.15, 0.2) is 78.9 Å². The van der Waals surface area contributed by atoms with Crippen LogP contribution in [0.1, 0.15) is 21.5 Å². The van der Waals surface area contributed by atoms with Crippen LogP contribution in [0.25, 0.3) is 10.8 Å². The lowest BCUT2D eigenvalue weighted by Gasteiger charge is -2.15. The Bertz CT molecular complexity index is 1360. The summed E-state index contributed by atoms with van der Waals surface area (Å²) >= 11 is 0. The summed E-state index contributed by atoms with van der Waals surface area (Å²) in [7, 11) is 1.55. The van der Waals surface area contributed by atoms with Crippen LogP contribution in [-0.4, -0.2) is 25.5 Å². The molecule has 4 aromatic carbocycles. The molecule has 2 amide bonds. The normalized spacial score (nSPS) is 10.6. The third kappa shape index (κ3) is 5.18. The zero-order chi connectivity index (χ0) is 24.1. The van der Waals surface area contributed by atoms with E-state index in [4.69, 9.17) is 9.47 Å². The van der Waals surface area contributed by atoms with Gasteiger partial charge in [0.05, 0.1) is 18.4 Å². The minimum Gasteiger partial charge on any atom is -0.495 e. The lowest BCUT2D eigenvalue weighted by atomic mass is 10.0. The highest BCUT2D eigenvalue weighted by Crippen LogP contribution is 2.28. The van der Waals surface area contributed by atoms with E-state index in [1.54, 1.807) is 25.3 Å². The number of carbonyl (C=O) groups excluding carboxylic acids is 2. The van der Waals surface area contributed by atoms with Gasteiger partial charge < -0.3 is 20.1 Å². The first-order chi connectivity index (χ1) is 16.4.